The monoisotopic (exact) mass is 138 g/mol. The lowest BCUT2D eigenvalue weighted by Gasteiger charge is -2.21. The number of rotatable bonds is 2. The van der Waals surface area contributed by atoms with Crippen molar-refractivity contribution >= 4 is 0 Å². The first kappa shape index (κ1) is 7.84. The molecule has 0 aromatic carbocycles. The highest BCUT2D eigenvalue weighted by atomic mass is 14.2. The molecule has 0 fully saturated rings. The minimum atomic E-state index is 0.838. The van der Waals surface area contributed by atoms with Gasteiger partial charge in [-0.3, -0.25) is 0 Å². The van der Waals surface area contributed by atoms with E-state index >= 15 is 0 Å². The first-order chi connectivity index (χ1) is 4.83. The summed E-state index contributed by atoms with van der Waals surface area (Å²) in [7, 11) is 0. The molecule has 1 rings (SSSR count). The van der Waals surface area contributed by atoms with Gasteiger partial charge in [0.25, 0.3) is 0 Å². The van der Waals surface area contributed by atoms with Crippen LogP contribution in [0.15, 0.2) is 12.2 Å². The third kappa shape index (κ3) is 2.17. The van der Waals surface area contributed by atoms with E-state index in [4.69, 9.17) is 0 Å². The second-order valence-corrected chi connectivity index (χ2v) is 3.53. The Kier molecular flexibility index (Phi) is 2.98. The molecule has 10 heavy (non-hydrogen) atoms. The summed E-state index contributed by atoms with van der Waals surface area (Å²) in [6.45, 7) is 4.60. The van der Waals surface area contributed by atoms with Crippen molar-refractivity contribution in [3.05, 3.63) is 12.2 Å². The molecule has 0 aromatic heterocycles. The van der Waals surface area contributed by atoms with Gasteiger partial charge >= 0.3 is 0 Å². The van der Waals surface area contributed by atoms with Gasteiger partial charge in [-0.2, -0.15) is 0 Å². The van der Waals surface area contributed by atoms with Gasteiger partial charge in [-0.15, -0.1) is 0 Å². The molecular formula is C10H18. The SMILES string of the molecule is CCCC1CC=C[C@H](C)C1. The number of allylic oxidation sites excluding steroid dienone is 2. The number of hydrogen-bond donors (Lipinski definition) is 0. The van der Waals surface area contributed by atoms with Crippen molar-refractivity contribution in [2.24, 2.45) is 11.8 Å². The highest BCUT2D eigenvalue weighted by Crippen LogP contribution is 2.26. The van der Waals surface area contributed by atoms with Gasteiger partial charge in [-0.25, -0.2) is 0 Å². The lowest BCUT2D eigenvalue weighted by molar-refractivity contribution is 0.388. The lowest BCUT2D eigenvalue weighted by atomic mass is 9.85. The van der Waals surface area contributed by atoms with Gasteiger partial charge in [0.05, 0.1) is 0 Å². The van der Waals surface area contributed by atoms with Crippen LogP contribution in [-0.4, -0.2) is 0 Å². The van der Waals surface area contributed by atoms with E-state index in [9.17, 15) is 0 Å². The minimum absolute atomic E-state index is 0.838. The van der Waals surface area contributed by atoms with Crippen LogP contribution in [0.25, 0.3) is 0 Å². The van der Waals surface area contributed by atoms with Crippen molar-refractivity contribution in [1.82, 2.24) is 0 Å². The van der Waals surface area contributed by atoms with Gasteiger partial charge in [-0.1, -0.05) is 38.8 Å². The van der Waals surface area contributed by atoms with E-state index in [0.29, 0.717) is 0 Å². The summed E-state index contributed by atoms with van der Waals surface area (Å²) in [6, 6.07) is 0. The second kappa shape index (κ2) is 3.80. The minimum Gasteiger partial charge on any atom is -0.0880 e. The van der Waals surface area contributed by atoms with Crippen molar-refractivity contribution in [2.75, 3.05) is 0 Å². The smallest absolute Gasteiger partial charge is 0.0259 e. The fourth-order valence-corrected chi connectivity index (χ4v) is 1.85. The molecule has 0 N–H and O–H groups in total. The van der Waals surface area contributed by atoms with Crippen LogP contribution in [0, 0.1) is 11.8 Å². The Hall–Kier alpha value is -0.260. The molecule has 0 heterocycles. The Bertz CT molecular complexity index is 113. The van der Waals surface area contributed by atoms with Crippen LogP contribution in [0.1, 0.15) is 39.5 Å². The van der Waals surface area contributed by atoms with Crippen LogP contribution in [-0.2, 0) is 0 Å². The summed E-state index contributed by atoms with van der Waals surface area (Å²) in [6.07, 6.45) is 10.2. The molecule has 0 saturated heterocycles. The van der Waals surface area contributed by atoms with E-state index < -0.39 is 0 Å². The van der Waals surface area contributed by atoms with Gasteiger partial charge < -0.3 is 0 Å². The highest BCUT2D eigenvalue weighted by molar-refractivity contribution is 4.94. The molecule has 2 atom stereocenters. The van der Waals surface area contributed by atoms with Crippen LogP contribution in [0.2, 0.25) is 0 Å². The first-order valence-corrected chi connectivity index (χ1v) is 4.49. The molecule has 0 saturated carbocycles. The lowest BCUT2D eigenvalue weighted by Crippen LogP contribution is -2.08. The zero-order valence-electron chi connectivity index (χ0n) is 7.14. The van der Waals surface area contributed by atoms with Gasteiger partial charge in [0.2, 0.25) is 0 Å². The van der Waals surface area contributed by atoms with Crippen LogP contribution >= 0.6 is 0 Å². The average molecular weight is 138 g/mol. The predicted molar refractivity (Wildman–Crippen MR) is 45.9 cm³/mol. The summed E-state index contributed by atoms with van der Waals surface area (Å²) in [5.74, 6) is 1.83. The van der Waals surface area contributed by atoms with Crippen LogP contribution in [0.3, 0.4) is 0 Å². The molecule has 1 aliphatic rings. The summed E-state index contributed by atoms with van der Waals surface area (Å²) < 4.78 is 0. The largest absolute Gasteiger partial charge is 0.0880 e. The highest BCUT2D eigenvalue weighted by Gasteiger charge is 2.12. The number of hydrogen-bond acceptors (Lipinski definition) is 0. The van der Waals surface area contributed by atoms with Crippen LogP contribution in [0.4, 0.5) is 0 Å². The normalized spacial score (nSPS) is 32.6. The Morgan fingerprint density at radius 3 is 2.90 bits per heavy atom. The van der Waals surface area contributed by atoms with E-state index in [0.717, 1.165) is 11.8 Å². The molecule has 0 radical (unpaired) electrons. The van der Waals surface area contributed by atoms with Crippen molar-refractivity contribution in [3.63, 3.8) is 0 Å². The summed E-state index contributed by atoms with van der Waals surface area (Å²) in [4.78, 5) is 0. The average Bonchev–Trinajstić information content (AvgIpc) is 1.88. The fraction of sp³-hybridized carbons (Fsp3) is 0.800. The molecule has 1 aliphatic carbocycles. The van der Waals surface area contributed by atoms with Gasteiger partial charge in [-0.05, 0) is 24.7 Å². The Morgan fingerprint density at radius 2 is 2.30 bits per heavy atom. The van der Waals surface area contributed by atoms with Gasteiger partial charge in [0.1, 0.15) is 0 Å². The third-order valence-electron chi connectivity index (χ3n) is 2.34. The molecular weight excluding hydrogens is 120 g/mol. The zero-order valence-corrected chi connectivity index (χ0v) is 7.14. The Morgan fingerprint density at radius 1 is 1.50 bits per heavy atom. The molecule has 1 unspecified atom stereocenters. The molecule has 0 amide bonds. The molecule has 0 spiro atoms. The van der Waals surface area contributed by atoms with Crippen molar-refractivity contribution in [2.45, 2.75) is 39.5 Å². The molecule has 0 heteroatoms. The third-order valence-corrected chi connectivity index (χ3v) is 2.34. The van der Waals surface area contributed by atoms with Gasteiger partial charge in [0.15, 0.2) is 0 Å². The topological polar surface area (TPSA) is 0 Å². The van der Waals surface area contributed by atoms with Crippen molar-refractivity contribution in [1.29, 1.82) is 0 Å². The van der Waals surface area contributed by atoms with E-state index in [-0.39, 0.29) is 0 Å². The molecule has 0 bridgehead atoms. The van der Waals surface area contributed by atoms with E-state index in [1.165, 1.54) is 25.7 Å². The summed E-state index contributed by atoms with van der Waals surface area (Å²) in [5, 5.41) is 0. The van der Waals surface area contributed by atoms with Gasteiger partial charge in [0, 0.05) is 0 Å². The Labute approximate surface area is 64.3 Å². The quantitative estimate of drug-likeness (QED) is 0.513. The second-order valence-electron chi connectivity index (χ2n) is 3.53. The maximum absolute atomic E-state index is 2.36. The fourth-order valence-electron chi connectivity index (χ4n) is 1.85. The predicted octanol–water partition coefficient (Wildman–Crippen LogP) is 3.39. The molecule has 0 nitrogen and oxygen atoms in total. The van der Waals surface area contributed by atoms with E-state index in [2.05, 4.69) is 26.0 Å². The molecule has 58 valence electrons. The standard InChI is InChI=1S/C10H18/c1-3-5-10-7-4-6-9(2)8-10/h4,6,9-10H,3,5,7-8H2,1-2H3/t9-,10?/m0/s1. The summed E-state index contributed by atoms with van der Waals surface area (Å²) >= 11 is 0. The maximum atomic E-state index is 2.36. The maximum Gasteiger partial charge on any atom is -0.0259 e. The van der Waals surface area contributed by atoms with Crippen LogP contribution < -0.4 is 0 Å². The van der Waals surface area contributed by atoms with E-state index in [1.807, 2.05) is 0 Å². The van der Waals surface area contributed by atoms with Crippen molar-refractivity contribution < 1.29 is 0 Å². The first-order valence-electron chi connectivity index (χ1n) is 4.49. The van der Waals surface area contributed by atoms with Crippen LogP contribution in [0.5, 0.6) is 0 Å². The van der Waals surface area contributed by atoms with Crippen molar-refractivity contribution in [3.8, 4) is 0 Å². The van der Waals surface area contributed by atoms with E-state index in [1.54, 1.807) is 0 Å². The Balaban J connectivity index is 2.29. The summed E-state index contributed by atoms with van der Waals surface area (Å²) in [5.41, 5.74) is 0. The molecule has 0 aliphatic heterocycles. The molecule has 0 aromatic rings. The zero-order chi connectivity index (χ0) is 7.40.